The molecule has 7 heteroatoms. The first-order chi connectivity index (χ1) is 14.6. The highest BCUT2D eigenvalue weighted by atomic mass is 19.1. The minimum atomic E-state index is -0.337. The normalized spacial score (nSPS) is 18.1. The zero-order valence-corrected chi connectivity index (χ0v) is 17.0. The fraction of sp³-hybridized carbons (Fsp3) is 0.391. The van der Waals surface area contributed by atoms with E-state index in [9.17, 15) is 14.0 Å². The van der Waals surface area contributed by atoms with Crippen LogP contribution in [0.15, 0.2) is 54.6 Å². The molecule has 2 fully saturated rings. The molecule has 0 bridgehead atoms. The Balaban J connectivity index is 1.22. The van der Waals surface area contributed by atoms with Crippen LogP contribution in [0, 0.1) is 5.82 Å². The maximum atomic E-state index is 13.1. The lowest BCUT2D eigenvalue weighted by Crippen LogP contribution is -2.47. The lowest BCUT2D eigenvalue weighted by Gasteiger charge is -2.32. The molecule has 2 aromatic rings. The third-order valence-electron chi connectivity index (χ3n) is 5.77. The van der Waals surface area contributed by atoms with Crippen LogP contribution in [0.25, 0.3) is 0 Å². The molecule has 2 aromatic carbocycles. The van der Waals surface area contributed by atoms with E-state index in [4.69, 9.17) is 0 Å². The van der Waals surface area contributed by atoms with E-state index < -0.39 is 0 Å². The van der Waals surface area contributed by atoms with Gasteiger partial charge in [0.1, 0.15) is 12.4 Å². The Bertz CT molecular complexity index is 867. The average molecular weight is 410 g/mol. The van der Waals surface area contributed by atoms with Crippen molar-refractivity contribution in [1.82, 2.24) is 15.1 Å². The van der Waals surface area contributed by atoms with Gasteiger partial charge in [0.2, 0.25) is 5.91 Å². The number of nitrogens with zero attached hydrogens (tertiary/aromatic N) is 3. The highest BCUT2D eigenvalue weighted by Crippen LogP contribution is 2.20. The van der Waals surface area contributed by atoms with E-state index in [-0.39, 0.29) is 30.3 Å². The first-order valence-electron chi connectivity index (χ1n) is 10.5. The topological polar surface area (TPSA) is 55.9 Å². The number of amides is 3. The lowest BCUT2D eigenvalue weighted by atomic mass is 10.0. The second kappa shape index (κ2) is 9.26. The summed E-state index contributed by atoms with van der Waals surface area (Å²) in [4.78, 5) is 30.6. The molecular formula is C23H27FN4O2. The summed E-state index contributed by atoms with van der Waals surface area (Å²) < 4.78 is 13.1. The molecule has 0 radical (unpaired) electrons. The number of piperidine rings is 1. The summed E-state index contributed by atoms with van der Waals surface area (Å²) in [6.07, 6.45) is 1.82. The van der Waals surface area contributed by atoms with Crippen molar-refractivity contribution in [3.05, 3.63) is 66.0 Å². The van der Waals surface area contributed by atoms with Crippen molar-refractivity contribution in [2.24, 2.45) is 0 Å². The van der Waals surface area contributed by atoms with Crippen molar-refractivity contribution in [2.45, 2.75) is 25.4 Å². The van der Waals surface area contributed by atoms with Crippen LogP contribution in [-0.4, -0.2) is 60.5 Å². The number of carbonyl (C=O) groups is 2. The van der Waals surface area contributed by atoms with Crippen LogP contribution in [-0.2, 0) is 11.3 Å². The monoisotopic (exact) mass is 410 g/mol. The lowest BCUT2D eigenvalue weighted by molar-refractivity contribution is -0.122. The zero-order valence-electron chi connectivity index (χ0n) is 17.0. The second-order valence-corrected chi connectivity index (χ2v) is 7.94. The summed E-state index contributed by atoms with van der Waals surface area (Å²) in [6.45, 7) is 3.86. The summed E-state index contributed by atoms with van der Waals surface area (Å²) in [7, 11) is 0. The first kappa shape index (κ1) is 20.3. The Kier molecular flexibility index (Phi) is 6.28. The summed E-state index contributed by atoms with van der Waals surface area (Å²) >= 11 is 0. The van der Waals surface area contributed by atoms with Gasteiger partial charge in [-0.2, -0.15) is 0 Å². The molecule has 2 aliphatic heterocycles. The van der Waals surface area contributed by atoms with E-state index in [2.05, 4.69) is 34.5 Å². The summed E-state index contributed by atoms with van der Waals surface area (Å²) in [5, 5.41) is 3.09. The maximum Gasteiger partial charge on any atom is 0.325 e. The first-order valence-corrected chi connectivity index (χ1v) is 10.5. The molecule has 0 spiro atoms. The van der Waals surface area contributed by atoms with Gasteiger partial charge in [-0.1, -0.05) is 30.3 Å². The Morgan fingerprint density at radius 3 is 2.37 bits per heavy atom. The molecule has 0 atom stereocenters. The van der Waals surface area contributed by atoms with E-state index in [1.54, 1.807) is 21.9 Å². The van der Waals surface area contributed by atoms with Gasteiger partial charge < -0.3 is 10.2 Å². The van der Waals surface area contributed by atoms with Gasteiger partial charge in [0.25, 0.3) is 0 Å². The van der Waals surface area contributed by atoms with Gasteiger partial charge in [-0.05, 0) is 42.7 Å². The molecule has 3 amide bonds. The number of anilines is 1. The van der Waals surface area contributed by atoms with Gasteiger partial charge in [-0.25, -0.2) is 9.18 Å². The molecular weight excluding hydrogens is 383 g/mol. The fourth-order valence-corrected chi connectivity index (χ4v) is 4.11. The summed E-state index contributed by atoms with van der Waals surface area (Å²) in [6, 6.07) is 16.2. The molecule has 0 aliphatic carbocycles. The smallest absolute Gasteiger partial charge is 0.325 e. The van der Waals surface area contributed by atoms with Crippen molar-refractivity contribution in [3.63, 3.8) is 0 Å². The molecule has 1 N–H and O–H groups in total. The molecule has 0 saturated carbocycles. The molecule has 30 heavy (non-hydrogen) atoms. The van der Waals surface area contributed by atoms with E-state index in [1.807, 2.05) is 6.07 Å². The highest BCUT2D eigenvalue weighted by Gasteiger charge is 2.31. The number of hydrogen-bond acceptors (Lipinski definition) is 3. The van der Waals surface area contributed by atoms with Gasteiger partial charge in [-0.15, -0.1) is 0 Å². The van der Waals surface area contributed by atoms with Gasteiger partial charge >= 0.3 is 6.03 Å². The van der Waals surface area contributed by atoms with Gasteiger partial charge in [0.15, 0.2) is 0 Å². The number of urea groups is 1. The molecule has 0 unspecified atom stereocenters. The SMILES string of the molecule is O=C(CN1CCN(c2ccc(F)cc2)C1=O)NC1CCN(Cc2ccccc2)CC1. The quantitative estimate of drug-likeness (QED) is 0.797. The van der Waals surface area contributed by atoms with Crippen molar-refractivity contribution < 1.29 is 14.0 Å². The number of hydrogen-bond donors (Lipinski definition) is 1. The predicted octanol–water partition coefficient (Wildman–Crippen LogP) is 2.85. The summed E-state index contributed by atoms with van der Waals surface area (Å²) in [5.74, 6) is -0.456. The molecule has 6 nitrogen and oxygen atoms in total. The van der Waals surface area contributed by atoms with Crippen LogP contribution < -0.4 is 10.2 Å². The number of likely N-dealkylation sites (tertiary alicyclic amines) is 1. The van der Waals surface area contributed by atoms with E-state index in [0.717, 1.165) is 32.5 Å². The standard InChI is InChI=1S/C23H27FN4O2/c24-19-6-8-21(9-7-19)28-15-14-27(23(28)30)17-22(29)25-20-10-12-26(13-11-20)16-18-4-2-1-3-5-18/h1-9,20H,10-17H2,(H,25,29). The molecule has 2 saturated heterocycles. The Morgan fingerprint density at radius 2 is 1.67 bits per heavy atom. The summed E-state index contributed by atoms with van der Waals surface area (Å²) in [5.41, 5.74) is 1.95. The van der Waals surface area contributed by atoms with E-state index in [0.29, 0.717) is 18.8 Å². The van der Waals surface area contributed by atoms with E-state index >= 15 is 0 Å². The van der Waals surface area contributed by atoms with Crippen molar-refractivity contribution in [1.29, 1.82) is 0 Å². The van der Waals surface area contributed by atoms with Crippen molar-refractivity contribution in [3.8, 4) is 0 Å². The van der Waals surface area contributed by atoms with E-state index in [1.165, 1.54) is 17.7 Å². The Labute approximate surface area is 176 Å². The fourth-order valence-electron chi connectivity index (χ4n) is 4.11. The molecule has 158 valence electrons. The van der Waals surface area contributed by atoms with Crippen LogP contribution in [0.3, 0.4) is 0 Å². The average Bonchev–Trinajstić information content (AvgIpc) is 3.11. The minimum absolute atomic E-state index is 0.0563. The Hall–Kier alpha value is -2.93. The second-order valence-electron chi connectivity index (χ2n) is 7.94. The Morgan fingerprint density at radius 1 is 0.967 bits per heavy atom. The van der Waals surface area contributed by atoms with Crippen molar-refractivity contribution >= 4 is 17.6 Å². The molecule has 4 rings (SSSR count). The zero-order chi connectivity index (χ0) is 20.9. The predicted molar refractivity (Wildman–Crippen MR) is 114 cm³/mol. The van der Waals surface area contributed by atoms with Crippen LogP contribution in [0.4, 0.5) is 14.9 Å². The minimum Gasteiger partial charge on any atom is -0.352 e. The number of halogens is 1. The van der Waals surface area contributed by atoms with Crippen LogP contribution in [0.1, 0.15) is 18.4 Å². The largest absolute Gasteiger partial charge is 0.352 e. The third-order valence-corrected chi connectivity index (χ3v) is 5.77. The molecule has 2 aliphatic rings. The molecule has 2 heterocycles. The third kappa shape index (κ3) is 4.97. The highest BCUT2D eigenvalue weighted by molar-refractivity contribution is 5.96. The maximum absolute atomic E-state index is 13.1. The number of rotatable bonds is 6. The van der Waals surface area contributed by atoms with Crippen LogP contribution in [0.5, 0.6) is 0 Å². The van der Waals surface area contributed by atoms with Gasteiger partial charge in [0.05, 0.1) is 0 Å². The number of nitrogens with one attached hydrogen (secondary N) is 1. The van der Waals surface area contributed by atoms with Crippen LogP contribution >= 0.6 is 0 Å². The number of carbonyl (C=O) groups excluding carboxylic acids is 2. The number of benzene rings is 2. The van der Waals surface area contributed by atoms with Crippen molar-refractivity contribution in [2.75, 3.05) is 37.6 Å². The van der Waals surface area contributed by atoms with Crippen LogP contribution in [0.2, 0.25) is 0 Å². The van der Waals surface area contributed by atoms with Gasteiger partial charge in [-0.3, -0.25) is 14.6 Å². The molecule has 0 aromatic heterocycles. The van der Waals surface area contributed by atoms with Gasteiger partial charge in [0, 0.05) is 44.5 Å².